The number of pyridine rings is 1. The Labute approximate surface area is 103 Å². The number of nitrogens with one attached hydrogen (secondary N) is 1. The lowest BCUT2D eigenvalue weighted by Crippen LogP contribution is -2.43. The number of aromatic nitrogens is 1. The Morgan fingerprint density at radius 1 is 1.62 bits per heavy atom. The lowest BCUT2D eigenvalue weighted by Gasteiger charge is -2.22. The molecular weight excluding hydrogens is 272 g/mol. The predicted molar refractivity (Wildman–Crippen MR) is 63.3 cm³/mol. The molecule has 1 aliphatic rings. The molecule has 2 heterocycles. The fraction of sp³-hybridized carbons (Fsp3) is 0.455. The molecule has 0 aliphatic carbocycles. The molecule has 4 nitrogen and oxygen atoms in total. The molecule has 0 saturated carbocycles. The van der Waals surface area contributed by atoms with Crippen LogP contribution in [-0.2, 0) is 16.0 Å². The van der Waals surface area contributed by atoms with Gasteiger partial charge in [0, 0.05) is 29.5 Å². The molecule has 1 atom stereocenters. The van der Waals surface area contributed by atoms with Crippen LogP contribution in [0.5, 0.6) is 0 Å². The lowest BCUT2D eigenvalue weighted by molar-refractivity contribution is -0.131. The Balaban J connectivity index is 1.93. The fourth-order valence-electron chi connectivity index (χ4n) is 1.58. The third kappa shape index (κ3) is 3.10. The third-order valence-corrected chi connectivity index (χ3v) is 2.90. The number of ketones is 1. The predicted octanol–water partition coefficient (Wildman–Crippen LogP) is 0.944. The van der Waals surface area contributed by atoms with Crippen LogP contribution in [0.2, 0.25) is 0 Å². The van der Waals surface area contributed by atoms with Crippen molar-refractivity contribution in [3.8, 4) is 0 Å². The number of carbonyl (C=O) groups is 1. The van der Waals surface area contributed by atoms with E-state index < -0.39 is 0 Å². The average Bonchev–Trinajstić information content (AvgIpc) is 2.33. The van der Waals surface area contributed by atoms with Crippen molar-refractivity contribution < 1.29 is 9.53 Å². The van der Waals surface area contributed by atoms with Gasteiger partial charge in [-0.25, -0.2) is 0 Å². The van der Waals surface area contributed by atoms with Crippen molar-refractivity contribution in [1.82, 2.24) is 10.3 Å². The second kappa shape index (κ2) is 5.52. The summed E-state index contributed by atoms with van der Waals surface area (Å²) in [6.07, 6.45) is 1.71. The summed E-state index contributed by atoms with van der Waals surface area (Å²) >= 11 is 3.31. The van der Waals surface area contributed by atoms with Gasteiger partial charge in [-0.3, -0.25) is 9.78 Å². The zero-order valence-electron chi connectivity index (χ0n) is 8.78. The number of morpholine rings is 1. The zero-order valence-corrected chi connectivity index (χ0v) is 10.4. The van der Waals surface area contributed by atoms with Gasteiger partial charge in [-0.2, -0.15) is 0 Å². The molecule has 1 unspecified atom stereocenters. The summed E-state index contributed by atoms with van der Waals surface area (Å²) in [5, 5.41) is 3.14. The minimum absolute atomic E-state index is 0.0852. The van der Waals surface area contributed by atoms with E-state index in [9.17, 15) is 4.79 Å². The second-order valence-electron chi connectivity index (χ2n) is 3.67. The maximum absolute atomic E-state index is 11.8. The number of carbonyl (C=O) groups excluding carboxylic acids is 1. The van der Waals surface area contributed by atoms with Crippen LogP contribution >= 0.6 is 15.9 Å². The van der Waals surface area contributed by atoms with E-state index in [0.717, 1.165) is 16.7 Å². The highest BCUT2D eigenvalue weighted by Crippen LogP contribution is 2.09. The highest BCUT2D eigenvalue weighted by molar-refractivity contribution is 9.10. The van der Waals surface area contributed by atoms with Gasteiger partial charge < -0.3 is 10.1 Å². The van der Waals surface area contributed by atoms with E-state index in [1.165, 1.54) is 0 Å². The minimum atomic E-state index is -0.320. The highest BCUT2D eigenvalue weighted by atomic mass is 79.9. The number of hydrogen-bond donors (Lipinski definition) is 1. The molecule has 1 aromatic rings. The SMILES string of the molecule is O=C(Cc1ccc(Br)cn1)C1CNCCO1. The van der Waals surface area contributed by atoms with E-state index in [1.807, 2.05) is 12.1 Å². The van der Waals surface area contributed by atoms with Gasteiger partial charge in [-0.1, -0.05) is 0 Å². The topological polar surface area (TPSA) is 51.2 Å². The molecule has 1 aliphatic heterocycles. The van der Waals surface area contributed by atoms with E-state index in [2.05, 4.69) is 26.2 Å². The van der Waals surface area contributed by atoms with Crippen LogP contribution in [0.25, 0.3) is 0 Å². The first-order chi connectivity index (χ1) is 7.75. The van der Waals surface area contributed by atoms with Crippen molar-refractivity contribution in [2.75, 3.05) is 19.7 Å². The van der Waals surface area contributed by atoms with E-state index in [-0.39, 0.29) is 11.9 Å². The van der Waals surface area contributed by atoms with Gasteiger partial charge in [0.05, 0.1) is 13.0 Å². The minimum Gasteiger partial charge on any atom is -0.368 e. The van der Waals surface area contributed by atoms with Crippen molar-refractivity contribution in [3.05, 3.63) is 28.5 Å². The molecule has 0 bridgehead atoms. The van der Waals surface area contributed by atoms with Gasteiger partial charge in [0.25, 0.3) is 0 Å². The van der Waals surface area contributed by atoms with Crippen LogP contribution < -0.4 is 5.32 Å². The number of Topliss-reactive ketones (excluding diaryl/α,β-unsaturated/α-hetero) is 1. The standard InChI is InChI=1S/C11H13BrN2O2/c12-8-1-2-9(14-6-8)5-10(15)11-7-13-3-4-16-11/h1-2,6,11,13H,3-5,7H2. The van der Waals surface area contributed by atoms with Gasteiger partial charge in [0.1, 0.15) is 6.10 Å². The Morgan fingerprint density at radius 3 is 3.12 bits per heavy atom. The Morgan fingerprint density at radius 2 is 2.50 bits per heavy atom. The van der Waals surface area contributed by atoms with E-state index >= 15 is 0 Å². The second-order valence-corrected chi connectivity index (χ2v) is 4.59. The molecule has 1 fully saturated rings. The number of halogens is 1. The van der Waals surface area contributed by atoms with E-state index in [1.54, 1.807) is 6.20 Å². The van der Waals surface area contributed by atoms with Crippen molar-refractivity contribution >= 4 is 21.7 Å². The first-order valence-electron chi connectivity index (χ1n) is 5.21. The first kappa shape index (κ1) is 11.7. The Hall–Kier alpha value is -0.780. The van der Waals surface area contributed by atoms with Crippen LogP contribution in [0.15, 0.2) is 22.8 Å². The summed E-state index contributed by atoms with van der Waals surface area (Å²) in [7, 11) is 0. The van der Waals surface area contributed by atoms with E-state index in [0.29, 0.717) is 19.6 Å². The highest BCUT2D eigenvalue weighted by Gasteiger charge is 2.21. The monoisotopic (exact) mass is 284 g/mol. The quantitative estimate of drug-likeness (QED) is 0.898. The maximum atomic E-state index is 11.8. The molecule has 0 spiro atoms. The molecule has 86 valence electrons. The van der Waals surface area contributed by atoms with Crippen molar-refractivity contribution in [3.63, 3.8) is 0 Å². The molecule has 5 heteroatoms. The average molecular weight is 285 g/mol. The molecule has 0 radical (unpaired) electrons. The summed E-state index contributed by atoms with van der Waals surface area (Å²) in [6.45, 7) is 2.03. The number of rotatable bonds is 3. The number of hydrogen-bond acceptors (Lipinski definition) is 4. The van der Waals surface area contributed by atoms with Crippen molar-refractivity contribution in [2.24, 2.45) is 0 Å². The van der Waals surface area contributed by atoms with Gasteiger partial charge in [0.2, 0.25) is 0 Å². The van der Waals surface area contributed by atoms with Gasteiger partial charge in [0.15, 0.2) is 5.78 Å². The molecule has 2 rings (SSSR count). The molecule has 16 heavy (non-hydrogen) atoms. The summed E-state index contributed by atoms with van der Waals surface area (Å²) in [5.74, 6) is 0.0852. The van der Waals surface area contributed by atoms with Crippen LogP contribution in [0.3, 0.4) is 0 Å². The largest absolute Gasteiger partial charge is 0.368 e. The summed E-state index contributed by atoms with van der Waals surface area (Å²) in [4.78, 5) is 16.0. The molecule has 1 aromatic heterocycles. The fourth-order valence-corrected chi connectivity index (χ4v) is 1.81. The molecule has 0 amide bonds. The lowest BCUT2D eigenvalue weighted by atomic mass is 10.1. The molecular formula is C11H13BrN2O2. The third-order valence-electron chi connectivity index (χ3n) is 2.43. The van der Waals surface area contributed by atoms with Crippen LogP contribution in [0, 0.1) is 0 Å². The summed E-state index contributed by atoms with van der Waals surface area (Å²) < 4.78 is 6.30. The number of nitrogens with zero attached hydrogens (tertiary/aromatic N) is 1. The smallest absolute Gasteiger partial charge is 0.168 e. The summed E-state index contributed by atoms with van der Waals surface area (Å²) in [6, 6.07) is 3.73. The Kier molecular flexibility index (Phi) is 4.04. The van der Waals surface area contributed by atoms with Crippen molar-refractivity contribution in [2.45, 2.75) is 12.5 Å². The van der Waals surface area contributed by atoms with E-state index in [4.69, 9.17) is 4.74 Å². The first-order valence-corrected chi connectivity index (χ1v) is 6.00. The van der Waals surface area contributed by atoms with Crippen molar-refractivity contribution in [1.29, 1.82) is 0 Å². The Bertz CT molecular complexity index is 361. The van der Waals surface area contributed by atoms with Crippen LogP contribution in [-0.4, -0.2) is 36.6 Å². The molecule has 1 saturated heterocycles. The van der Waals surface area contributed by atoms with Gasteiger partial charge in [-0.05, 0) is 28.1 Å². The van der Waals surface area contributed by atoms with Gasteiger partial charge >= 0.3 is 0 Å². The van der Waals surface area contributed by atoms with Gasteiger partial charge in [-0.15, -0.1) is 0 Å². The molecule has 0 aromatic carbocycles. The number of ether oxygens (including phenoxy) is 1. The zero-order chi connectivity index (χ0) is 11.4. The molecule has 1 N–H and O–H groups in total. The van der Waals surface area contributed by atoms with Crippen LogP contribution in [0.1, 0.15) is 5.69 Å². The van der Waals surface area contributed by atoms with Crippen LogP contribution in [0.4, 0.5) is 0 Å². The maximum Gasteiger partial charge on any atom is 0.168 e. The normalized spacial score (nSPS) is 20.7. The summed E-state index contributed by atoms with van der Waals surface area (Å²) in [5.41, 5.74) is 0.780.